The molecule has 1 saturated heterocycles. The van der Waals surface area contributed by atoms with Crippen LogP contribution < -0.4 is 9.47 Å². The van der Waals surface area contributed by atoms with E-state index < -0.39 is 17.1 Å². The Morgan fingerprint density at radius 2 is 2.19 bits per heavy atom. The quantitative estimate of drug-likeness (QED) is 0.497. The molecule has 1 N–H and O–H groups in total. The van der Waals surface area contributed by atoms with Crippen molar-refractivity contribution in [3.8, 4) is 11.5 Å². The summed E-state index contributed by atoms with van der Waals surface area (Å²) in [6.07, 6.45) is 14.2. The number of hydrogen-bond acceptors (Lipinski definition) is 6. The van der Waals surface area contributed by atoms with Crippen LogP contribution in [0.4, 0.5) is 0 Å². The minimum Gasteiger partial charge on any atom is -0.493 e. The van der Waals surface area contributed by atoms with Gasteiger partial charge in [-0.25, -0.2) is 0 Å². The lowest BCUT2D eigenvalue weighted by Gasteiger charge is -2.62. The van der Waals surface area contributed by atoms with E-state index in [1.54, 1.807) is 36.7 Å². The minimum atomic E-state index is -1.07. The van der Waals surface area contributed by atoms with Crippen LogP contribution in [0.3, 0.4) is 0 Å². The third-order valence-electron chi connectivity index (χ3n) is 9.28. The Balaban J connectivity index is 1.31. The van der Waals surface area contributed by atoms with Crippen LogP contribution in [0.15, 0.2) is 53.4 Å². The van der Waals surface area contributed by atoms with Crippen LogP contribution in [-0.4, -0.2) is 71.8 Å². The van der Waals surface area contributed by atoms with Crippen LogP contribution in [-0.2, 0) is 16.6 Å². The average Bonchev–Trinajstić information content (AvgIpc) is 3.40. The molecular formula is C29H32N2O5. The molecule has 5 aliphatic rings. The number of rotatable bonds is 6. The third-order valence-corrected chi connectivity index (χ3v) is 9.28. The molecular weight excluding hydrogens is 456 g/mol. The molecule has 3 heterocycles. The molecule has 2 bridgehead atoms. The molecule has 188 valence electrons. The molecule has 0 radical (unpaired) electrons. The van der Waals surface area contributed by atoms with Gasteiger partial charge in [0.25, 0.3) is 0 Å². The lowest BCUT2D eigenvalue weighted by atomic mass is 9.50. The summed E-state index contributed by atoms with van der Waals surface area (Å²) in [5.74, 6) is 2.04. The van der Waals surface area contributed by atoms with E-state index in [9.17, 15) is 9.90 Å². The van der Waals surface area contributed by atoms with Crippen LogP contribution in [0, 0.1) is 5.92 Å². The Kier molecular flexibility index (Phi) is 4.77. The number of likely N-dealkylation sites (tertiary alicyclic amines) is 1. The molecule has 1 amide bonds. The Hall–Kier alpha value is -3.03. The summed E-state index contributed by atoms with van der Waals surface area (Å²) in [5.41, 5.74) is 1.45. The zero-order chi connectivity index (χ0) is 24.7. The molecule has 1 aromatic heterocycles. The molecule has 2 aliphatic heterocycles. The molecule has 36 heavy (non-hydrogen) atoms. The van der Waals surface area contributed by atoms with E-state index in [1.165, 1.54) is 18.4 Å². The lowest BCUT2D eigenvalue weighted by Crippen LogP contribution is -2.76. The first kappa shape index (κ1) is 22.2. The topological polar surface area (TPSA) is 75.4 Å². The Labute approximate surface area is 211 Å². The maximum absolute atomic E-state index is 13.2. The largest absolute Gasteiger partial charge is 0.493 e. The average molecular weight is 489 g/mol. The molecule has 1 saturated carbocycles. The molecule has 1 spiro atoms. The van der Waals surface area contributed by atoms with Crippen molar-refractivity contribution in [3.63, 3.8) is 0 Å². The highest BCUT2D eigenvalue weighted by Crippen LogP contribution is 2.64. The van der Waals surface area contributed by atoms with Crippen LogP contribution in [0.2, 0.25) is 0 Å². The van der Waals surface area contributed by atoms with E-state index in [2.05, 4.69) is 11.0 Å². The van der Waals surface area contributed by atoms with E-state index in [4.69, 9.17) is 13.9 Å². The van der Waals surface area contributed by atoms with Crippen molar-refractivity contribution in [2.45, 2.75) is 54.9 Å². The number of aliphatic hydroxyl groups is 1. The van der Waals surface area contributed by atoms with Crippen molar-refractivity contribution in [3.05, 3.63) is 65.6 Å². The minimum absolute atomic E-state index is 0.0102. The van der Waals surface area contributed by atoms with Gasteiger partial charge >= 0.3 is 0 Å². The molecule has 5 atom stereocenters. The fraction of sp³-hybridized carbons (Fsp3) is 0.483. The van der Waals surface area contributed by atoms with Crippen molar-refractivity contribution in [1.29, 1.82) is 0 Å². The Bertz CT molecular complexity index is 1260. The van der Waals surface area contributed by atoms with Crippen molar-refractivity contribution in [2.75, 3.05) is 27.2 Å². The monoisotopic (exact) mass is 488 g/mol. The van der Waals surface area contributed by atoms with Gasteiger partial charge in [-0.05, 0) is 61.9 Å². The summed E-state index contributed by atoms with van der Waals surface area (Å²) in [6.45, 7) is 1.96. The number of amides is 1. The maximum atomic E-state index is 13.2. The van der Waals surface area contributed by atoms with Gasteiger partial charge in [0.05, 0.1) is 31.1 Å². The number of carbonyl (C=O) groups is 1. The smallest absolute Gasteiger partial charge is 0.246 e. The Morgan fingerprint density at radius 1 is 1.33 bits per heavy atom. The second-order valence-electron chi connectivity index (χ2n) is 11.1. The molecule has 2 aromatic rings. The van der Waals surface area contributed by atoms with Gasteiger partial charge in [0.1, 0.15) is 11.7 Å². The van der Waals surface area contributed by atoms with Crippen LogP contribution >= 0.6 is 0 Å². The standard InChI is InChI=1S/C29H32N2O5/c1-30(24(32)8-5-19-10-14-35-17-19)21-9-11-29(33)23-15-20-6-7-22(34-2)26-25(20)28(29,27(21)36-26)12-13-31(23)16-18-3-4-18/h5-11,14,17-18,21,23,27,33H,3-4,12-13,15-16H2,1-2H3/b8-5+/t21?,23-,27?,28+,29-/m1/s1. The molecule has 2 unspecified atom stereocenters. The first-order valence-corrected chi connectivity index (χ1v) is 13.0. The molecule has 7 nitrogen and oxygen atoms in total. The Morgan fingerprint density at radius 3 is 2.94 bits per heavy atom. The maximum Gasteiger partial charge on any atom is 0.246 e. The van der Waals surface area contributed by atoms with Crippen LogP contribution in [0.5, 0.6) is 11.5 Å². The summed E-state index contributed by atoms with van der Waals surface area (Å²) in [4.78, 5) is 17.5. The van der Waals surface area contributed by atoms with Crippen LogP contribution in [0.25, 0.3) is 6.08 Å². The fourth-order valence-corrected chi connectivity index (χ4v) is 7.30. The van der Waals surface area contributed by atoms with Crippen molar-refractivity contribution in [1.82, 2.24) is 9.80 Å². The number of carbonyl (C=O) groups excluding carboxylic acids is 1. The zero-order valence-electron chi connectivity index (χ0n) is 20.7. The van der Waals surface area contributed by atoms with E-state index in [0.717, 1.165) is 48.7 Å². The number of methoxy groups -OCH3 is 1. The number of nitrogens with zero attached hydrogens (tertiary/aromatic N) is 2. The number of piperidine rings is 1. The fourth-order valence-electron chi connectivity index (χ4n) is 7.30. The summed E-state index contributed by atoms with van der Waals surface area (Å²) >= 11 is 0. The summed E-state index contributed by atoms with van der Waals surface area (Å²) in [5, 5.41) is 12.6. The van der Waals surface area contributed by atoms with E-state index in [0.29, 0.717) is 5.75 Å². The molecule has 7 rings (SSSR count). The van der Waals surface area contributed by atoms with Gasteiger partial charge in [-0.15, -0.1) is 0 Å². The van der Waals surface area contributed by atoms with Gasteiger partial charge in [0.15, 0.2) is 11.5 Å². The van der Waals surface area contributed by atoms with Crippen molar-refractivity contribution in [2.24, 2.45) is 5.92 Å². The van der Waals surface area contributed by atoms with Crippen molar-refractivity contribution < 1.29 is 23.8 Å². The third kappa shape index (κ3) is 2.90. The van der Waals surface area contributed by atoms with Gasteiger partial charge in [-0.3, -0.25) is 9.69 Å². The number of hydrogen-bond donors (Lipinski definition) is 1. The summed E-state index contributed by atoms with van der Waals surface area (Å²) in [6, 6.07) is 5.60. The summed E-state index contributed by atoms with van der Waals surface area (Å²) < 4.78 is 17.6. The highest BCUT2D eigenvalue weighted by Gasteiger charge is 2.72. The normalized spacial score (nSPS) is 33.9. The van der Waals surface area contributed by atoms with Gasteiger partial charge < -0.3 is 23.9 Å². The first-order valence-electron chi connectivity index (χ1n) is 13.0. The number of ether oxygens (including phenoxy) is 2. The number of benzene rings is 1. The predicted molar refractivity (Wildman–Crippen MR) is 134 cm³/mol. The first-order chi connectivity index (χ1) is 17.5. The van der Waals surface area contributed by atoms with E-state index in [1.807, 2.05) is 31.3 Å². The second-order valence-corrected chi connectivity index (χ2v) is 11.1. The van der Waals surface area contributed by atoms with E-state index in [-0.39, 0.29) is 18.0 Å². The molecule has 1 aromatic carbocycles. The SMILES string of the molecule is COc1ccc2c3c1OC1C(N(C)C(=O)/C=C/c4ccoc4)C=C[C@@]4(O)[C@@H](C2)N(CC2CC2)CC[C@]314. The van der Waals surface area contributed by atoms with Gasteiger partial charge in [-0.2, -0.15) is 0 Å². The van der Waals surface area contributed by atoms with Crippen molar-refractivity contribution >= 4 is 12.0 Å². The summed E-state index contributed by atoms with van der Waals surface area (Å²) in [7, 11) is 3.47. The zero-order valence-corrected chi connectivity index (χ0v) is 20.7. The predicted octanol–water partition coefficient (Wildman–Crippen LogP) is 3.17. The van der Waals surface area contributed by atoms with E-state index >= 15 is 0 Å². The van der Waals surface area contributed by atoms with Gasteiger partial charge in [-0.1, -0.05) is 18.2 Å². The number of furan rings is 1. The number of likely N-dealkylation sites (N-methyl/N-ethyl adjacent to an activating group) is 1. The van der Waals surface area contributed by atoms with Gasteiger partial charge in [0, 0.05) is 36.8 Å². The highest BCUT2D eigenvalue weighted by atomic mass is 16.5. The van der Waals surface area contributed by atoms with Gasteiger partial charge in [0.2, 0.25) is 5.91 Å². The molecule has 7 heteroatoms. The lowest BCUT2D eigenvalue weighted by molar-refractivity contribution is -0.154. The van der Waals surface area contributed by atoms with Crippen LogP contribution in [0.1, 0.15) is 36.0 Å². The highest BCUT2D eigenvalue weighted by molar-refractivity contribution is 5.92. The molecule has 2 fully saturated rings. The molecule has 3 aliphatic carbocycles. The second kappa shape index (κ2) is 7.73.